The molecule has 0 radical (unpaired) electrons. The van der Waals surface area contributed by atoms with Crippen molar-refractivity contribution in [2.24, 2.45) is 0 Å². The Morgan fingerprint density at radius 1 is 1.02 bits per heavy atom. The molecule has 2 aromatic heterocycles. The van der Waals surface area contributed by atoms with Crippen molar-refractivity contribution in [3.8, 4) is 11.4 Å². The van der Waals surface area contributed by atoms with Crippen LogP contribution >= 0.6 is 11.6 Å². The number of hydrogen-bond acceptors (Lipinski definition) is 7. The summed E-state index contributed by atoms with van der Waals surface area (Å²) in [5, 5.41) is 16.8. The first-order valence-corrected chi connectivity index (χ1v) is 14.3. The monoisotopic (exact) mass is 562 g/mol. The van der Waals surface area contributed by atoms with E-state index in [1.54, 1.807) is 16.8 Å². The Morgan fingerprint density at radius 3 is 2.42 bits per heavy atom. The molecular formula is C30H35ClN6O3. The number of nitrogens with zero attached hydrogens (tertiary/aromatic N) is 6. The maximum Gasteiger partial charge on any atom is 0.264 e. The van der Waals surface area contributed by atoms with Crippen LogP contribution in [0.5, 0.6) is 5.75 Å². The SMILES string of the molecule is CN1CCC(Oc2ccc(CN3CCC(O)(Cn4cnc5c(cnn5-c5ccc(Cl)cc5)c4=O)CC3)cc2)CC1. The summed E-state index contributed by atoms with van der Waals surface area (Å²) in [6, 6.07) is 15.6. The molecule has 4 aromatic rings. The third kappa shape index (κ3) is 5.93. The highest BCUT2D eigenvalue weighted by Gasteiger charge is 2.33. The van der Waals surface area contributed by atoms with Gasteiger partial charge in [-0.1, -0.05) is 23.7 Å². The van der Waals surface area contributed by atoms with Crippen molar-refractivity contribution in [1.82, 2.24) is 29.1 Å². The van der Waals surface area contributed by atoms with E-state index in [9.17, 15) is 9.90 Å². The van der Waals surface area contributed by atoms with Crippen LogP contribution in [0.4, 0.5) is 0 Å². The molecule has 4 heterocycles. The summed E-state index contributed by atoms with van der Waals surface area (Å²) in [4.78, 5) is 22.4. The van der Waals surface area contributed by atoms with Crippen LogP contribution in [0.2, 0.25) is 5.02 Å². The smallest absolute Gasteiger partial charge is 0.264 e. The Balaban J connectivity index is 1.05. The molecule has 2 aliphatic heterocycles. The molecule has 40 heavy (non-hydrogen) atoms. The van der Waals surface area contributed by atoms with Gasteiger partial charge in [0, 0.05) is 37.7 Å². The van der Waals surface area contributed by atoms with E-state index in [2.05, 4.69) is 51.2 Å². The molecule has 9 nitrogen and oxygen atoms in total. The fraction of sp³-hybridized carbons (Fsp3) is 0.433. The van der Waals surface area contributed by atoms with Crippen LogP contribution in [0.15, 0.2) is 65.8 Å². The topological polar surface area (TPSA) is 88.7 Å². The first-order valence-electron chi connectivity index (χ1n) is 13.9. The molecule has 2 aliphatic rings. The van der Waals surface area contributed by atoms with Crippen LogP contribution in [-0.4, -0.2) is 79.2 Å². The third-order valence-electron chi connectivity index (χ3n) is 8.18. The predicted molar refractivity (Wildman–Crippen MR) is 155 cm³/mol. The highest BCUT2D eigenvalue weighted by atomic mass is 35.5. The molecule has 0 saturated carbocycles. The highest BCUT2D eigenvalue weighted by Crippen LogP contribution is 2.26. The summed E-state index contributed by atoms with van der Waals surface area (Å²) >= 11 is 6.00. The standard InChI is InChI=1S/C30H35ClN6O3/c1-34-14-10-26(11-15-34)40-25-8-2-22(3-9-25)19-35-16-12-30(39,13-17-35)20-36-21-32-28-27(29(36)38)18-33-37(28)24-6-4-23(31)5-7-24/h2-9,18,21,26,39H,10-17,19-20H2,1H3. The summed E-state index contributed by atoms with van der Waals surface area (Å²) in [5.74, 6) is 0.932. The van der Waals surface area contributed by atoms with Crippen LogP contribution in [0.3, 0.4) is 0 Å². The molecule has 10 heteroatoms. The minimum absolute atomic E-state index is 0.205. The third-order valence-corrected chi connectivity index (χ3v) is 8.43. The van der Waals surface area contributed by atoms with Gasteiger partial charge in [0.2, 0.25) is 0 Å². The average Bonchev–Trinajstić information content (AvgIpc) is 3.39. The van der Waals surface area contributed by atoms with Gasteiger partial charge >= 0.3 is 0 Å². The average molecular weight is 563 g/mol. The second-order valence-corrected chi connectivity index (χ2v) is 11.6. The number of rotatable bonds is 7. The van der Waals surface area contributed by atoms with Gasteiger partial charge in [0.25, 0.3) is 5.56 Å². The molecule has 0 spiro atoms. The number of benzene rings is 2. The van der Waals surface area contributed by atoms with Crippen molar-refractivity contribution in [3.05, 3.63) is 82.0 Å². The maximum atomic E-state index is 13.2. The van der Waals surface area contributed by atoms with Crippen LogP contribution in [0.1, 0.15) is 31.2 Å². The molecular weight excluding hydrogens is 528 g/mol. The second-order valence-electron chi connectivity index (χ2n) is 11.2. The van der Waals surface area contributed by atoms with Crippen molar-refractivity contribution in [2.45, 2.75) is 50.5 Å². The Hall–Kier alpha value is -3.24. The van der Waals surface area contributed by atoms with E-state index in [4.69, 9.17) is 16.3 Å². The molecule has 0 atom stereocenters. The quantitative estimate of drug-likeness (QED) is 0.367. The number of fused-ring (bicyclic) bond motifs is 1. The van der Waals surface area contributed by atoms with Gasteiger partial charge in [0.1, 0.15) is 23.6 Å². The molecule has 0 bridgehead atoms. The van der Waals surface area contributed by atoms with Gasteiger partial charge in [-0.3, -0.25) is 14.3 Å². The molecule has 6 rings (SSSR count). The summed E-state index contributed by atoms with van der Waals surface area (Å²) in [6.07, 6.45) is 6.64. The van der Waals surface area contributed by atoms with Crippen molar-refractivity contribution < 1.29 is 9.84 Å². The zero-order valence-corrected chi connectivity index (χ0v) is 23.5. The van der Waals surface area contributed by atoms with Gasteiger partial charge in [0.15, 0.2) is 5.65 Å². The van der Waals surface area contributed by atoms with Crippen LogP contribution < -0.4 is 10.3 Å². The lowest BCUT2D eigenvalue weighted by Crippen LogP contribution is -2.47. The van der Waals surface area contributed by atoms with Crippen LogP contribution in [-0.2, 0) is 13.1 Å². The highest BCUT2D eigenvalue weighted by molar-refractivity contribution is 6.30. The lowest BCUT2D eigenvalue weighted by Gasteiger charge is -2.38. The first kappa shape index (κ1) is 27.0. The zero-order valence-electron chi connectivity index (χ0n) is 22.7. The molecule has 2 saturated heterocycles. The van der Waals surface area contributed by atoms with Crippen molar-refractivity contribution in [2.75, 3.05) is 33.2 Å². The van der Waals surface area contributed by atoms with Crippen LogP contribution in [0, 0.1) is 0 Å². The van der Waals surface area contributed by atoms with E-state index >= 15 is 0 Å². The lowest BCUT2D eigenvalue weighted by atomic mass is 9.91. The molecule has 0 amide bonds. The zero-order chi connectivity index (χ0) is 27.7. The minimum Gasteiger partial charge on any atom is -0.490 e. The van der Waals surface area contributed by atoms with Gasteiger partial charge in [0.05, 0.1) is 24.0 Å². The summed E-state index contributed by atoms with van der Waals surface area (Å²) in [6.45, 7) is 4.70. The Bertz CT molecular complexity index is 1500. The molecule has 0 unspecified atom stereocenters. The molecule has 0 aliphatic carbocycles. The minimum atomic E-state index is -0.965. The predicted octanol–water partition coefficient (Wildman–Crippen LogP) is 3.74. The van der Waals surface area contributed by atoms with Crippen molar-refractivity contribution >= 4 is 22.6 Å². The van der Waals surface area contributed by atoms with Gasteiger partial charge in [-0.25, -0.2) is 9.67 Å². The Labute approximate surface area is 238 Å². The Morgan fingerprint density at radius 2 is 1.73 bits per heavy atom. The molecule has 210 valence electrons. The normalized spacial score (nSPS) is 18.8. The van der Waals surface area contributed by atoms with E-state index < -0.39 is 5.60 Å². The number of halogens is 1. The number of ether oxygens (including phenoxy) is 1. The fourth-order valence-electron chi connectivity index (χ4n) is 5.66. The van der Waals surface area contributed by atoms with Crippen molar-refractivity contribution in [1.29, 1.82) is 0 Å². The van der Waals surface area contributed by atoms with E-state index in [0.717, 1.165) is 57.0 Å². The number of piperidine rings is 2. The van der Waals surface area contributed by atoms with E-state index in [0.29, 0.717) is 35.0 Å². The van der Waals surface area contributed by atoms with E-state index in [1.165, 1.54) is 22.7 Å². The van der Waals surface area contributed by atoms with E-state index in [-0.39, 0.29) is 12.1 Å². The summed E-state index contributed by atoms with van der Waals surface area (Å²) in [7, 11) is 2.16. The van der Waals surface area contributed by atoms with Gasteiger partial charge in [-0.2, -0.15) is 5.10 Å². The van der Waals surface area contributed by atoms with E-state index in [1.807, 2.05) is 12.1 Å². The lowest BCUT2D eigenvalue weighted by molar-refractivity contribution is -0.0364. The van der Waals surface area contributed by atoms with Crippen LogP contribution in [0.25, 0.3) is 16.7 Å². The number of aliphatic hydroxyl groups is 1. The number of likely N-dealkylation sites (tertiary alicyclic amines) is 2. The number of hydrogen-bond donors (Lipinski definition) is 1. The second kappa shape index (κ2) is 11.3. The van der Waals surface area contributed by atoms with Crippen molar-refractivity contribution in [3.63, 3.8) is 0 Å². The fourth-order valence-corrected chi connectivity index (χ4v) is 5.79. The Kier molecular flexibility index (Phi) is 7.63. The summed E-state index contributed by atoms with van der Waals surface area (Å²) < 4.78 is 9.31. The molecule has 2 aromatic carbocycles. The van der Waals surface area contributed by atoms with Gasteiger partial charge in [-0.15, -0.1) is 0 Å². The first-order chi connectivity index (χ1) is 19.3. The maximum absolute atomic E-state index is 13.2. The number of aromatic nitrogens is 4. The molecule has 1 N–H and O–H groups in total. The van der Waals surface area contributed by atoms with Gasteiger partial charge < -0.3 is 14.7 Å². The summed E-state index contributed by atoms with van der Waals surface area (Å²) in [5.41, 5.74) is 1.31. The van der Waals surface area contributed by atoms with Gasteiger partial charge in [-0.05, 0) is 74.7 Å². The molecule has 2 fully saturated rings. The largest absolute Gasteiger partial charge is 0.490 e.